The Morgan fingerprint density at radius 3 is 2.57 bits per heavy atom. The number of aliphatic hydroxyl groups excluding tert-OH is 1. The topological polar surface area (TPSA) is 93.4 Å². The monoisotopic (exact) mass is 331 g/mol. The predicted octanol–water partition coefficient (Wildman–Crippen LogP) is 0.625. The minimum Gasteiger partial charge on any atom is -0.406 e. The van der Waals surface area contributed by atoms with E-state index in [-0.39, 0.29) is 24.7 Å². The highest BCUT2D eigenvalue weighted by atomic mass is 19.4. The Morgan fingerprint density at radius 2 is 2.00 bits per heavy atom. The van der Waals surface area contributed by atoms with E-state index in [1.165, 1.54) is 24.1 Å². The lowest BCUT2D eigenvalue weighted by atomic mass is 10.3. The molecule has 0 saturated heterocycles. The lowest BCUT2D eigenvalue weighted by Gasteiger charge is -2.12. The van der Waals surface area contributed by atoms with Crippen LogP contribution >= 0.6 is 0 Å². The van der Waals surface area contributed by atoms with Gasteiger partial charge in [0.1, 0.15) is 5.75 Å². The molecule has 0 radical (unpaired) electrons. The molecule has 1 aromatic carbocycles. The fraction of sp³-hybridized carbons (Fsp3) is 0.333. The summed E-state index contributed by atoms with van der Waals surface area (Å²) in [6.45, 7) is -0.103. The molecule has 0 fully saturated rings. The molecule has 0 aliphatic carbocycles. The molecule has 8 nitrogen and oxygen atoms in total. The minimum atomic E-state index is -4.77. The standard InChI is InChI=1S/C12H12F3N5O3/c1-19(6-7-21)11(22)10-16-18-20(17-10)8-2-4-9(5-3-8)23-12(13,14)15/h2-5,21H,6-7H2,1H3. The van der Waals surface area contributed by atoms with Crippen LogP contribution in [0, 0.1) is 0 Å². The average Bonchev–Trinajstić information content (AvgIpc) is 2.95. The smallest absolute Gasteiger partial charge is 0.406 e. The van der Waals surface area contributed by atoms with Gasteiger partial charge in [0, 0.05) is 13.6 Å². The first kappa shape index (κ1) is 16.7. The average molecular weight is 331 g/mol. The molecule has 2 rings (SSSR count). The largest absolute Gasteiger partial charge is 0.573 e. The molecule has 0 bridgehead atoms. The minimum absolute atomic E-state index is 0.108. The van der Waals surface area contributed by atoms with Crippen molar-refractivity contribution in [3.8, 4) is 11.4 Å². The van der Waals surface area contributed by atoms with Crippen LogP contribution in [0.5, 0.6) is 5.75 Å². The lowest BCUT2D eigenvalue weighted by molar-refractivity contribution is -0.274. The van der Waals surface area contributed by atoms with E-state index in [0.717, 1.165) is 16.9 Å². The second-order valence-electron chi connectivity index (χ2n) is 4.39. The molecule has 1 amide bonds. The number of halogens is 3. The number of aromatic nitrogens is 4. The Bertz CT molecular complexity index is 671. The number of alkyl halides is 3. The summed E-state index contributed by atoms with van der Waals surface area (Å²) in [5.41, 5.74) is 0.302. The van der Waals surface area contributed by atoms with Gasteiger partial charge in [0.25, 0.3) is 11.7 Å². The summed E-state index contributed by atoms with van der Waals surface area (Å²) >= 11 is 0. The zero-order chi connectivity index (χ0) is 17.0. The predicted molar refractivity (Wildman–Crippen MR) is 69.9 cm³/mol. The third-order valence-corrected chi connectivity index (χ3v) is 2.69. The zero-order valence-corrected chi connectivity index (χ0v) is 11.9. The van der Waals surface area contributed by atoms with Crippen LogP contribution in [0.3, 0.4) is 0 Å². The number of aliphatic hydroxyl groups is 1. The molecular formula is C12H12F3N5O3. The highest BCUT2D eigenvalue weighted by molar-refractivity contribution is 5.89. The van der Waals surface area contributed by atoms with Crippen molar-refractivity contribution in [2.75, 3.05) is 20.2 Å². The van der Waals surface area contributed by atoms with Crippen molar-refractivity contribution in [1.29, 1.82) is 0 Å². The number of tetrazole rings is 1. The number of nitrogens with zero attached hydrogens (tertiary/aromatic N) is 5. The van der Waals surface area contributed by atoms with Gasteiger partial charge < -0.3 is 14.7 Å². The van der Waals surface area contributed by atoms with E-state index >= 15 is 0 Å². The first-order valence-corrected chi connectivity index (χ1v) is 6.32. The number of carbonyl (C=O) groups excluding carboxylic acids is 1. The molecule has 2 aromatic rings. The van der Waals surface area contributed by atoms with Gasteiger partial charge in [0.05, 0.1) is 12.3 Å². The maximum atomic E-state index is 12.1. The molecule has 0 aliphatic rings. The Kier molecular flexibility index (Phi) is 4.79. The van der Waals surface area contributed by atoms with E-state index < -0.39 is 12.3 Å². The maximum Gasteiger partial charge on any atom is 0.573 e. The Morgan fingerprint density at radius 1 is 1.35 bits per heavy atom. The van der Waals surface area contributed by atoms with Gasteiger partial charge in [-0.3, -0.25) is 4.79 Å². The van der Waals surface area contributed by atoms with Crippen molar-refractivity contribution < 1.29 is 27.8 Å². The molecular weight excluding hydrogens is 319 g/mol. The van der Waals surface area contributed by atoms with Crippen molar-refractivity contribution in [3.63, 3.8) is 0 Å². The quantitative estimate of drug-likeness (QED) is 0.863. The van der Waals surface area contributed by atoms with Crippen molar-refractivity contribution >= 4 is 5.91 Å². The third kappa shape index (κ3) is 4.39. The van der Waals surface area contributed by atoms with Crippen molar-refractivity contribution in [1.82, 2.24) is 25.1 Å². The van der Waals surface area contributed by atoms with Crippen LogP contribution in [0.25, 0.3) is 5.69 Å². The molecule has 0 aliphatic heterocycles. The molecule has 1 N–H and O–H groups in total. The third-order valence-electron chi connectivity index (χ3n) is 2.69. The first-order valence-electron chi connectivity index (χ1n) is 6.32. The molecule has 0 saturated carbocycles. The molecule has 1 aromatic heterocycles. The molecule has 0 unspecified atom stereocenters. The van der Waals surface area contributed by atoms with Crippen LogP contribution < -0.4 is 4.74 Å². The van der Waals surface area contributed by atoms with Gasteiger partial charge >= 0.3 is 6.36 Å². The van der Waals surface area contributed by atoms with Gasteiger partial charge in [0.2, 0.25) is 0 Å². The number of rotatable bonds is 5. The van der Waals surface area contributed by atoms with Crippen LogP contribution in [0.1, 0.15) is 10.6 Å². The molecule has 1 heterocycles. The number of hydrogen-bond donors (Lipinski definition) is 1. The van der Waals surface area contributed by atoms with Crippen LogP contribution in [0.15, 0.2) is 24.3 Å². The molecule has 0 spiro atoms. The summed E-state index contributed by atoms with van der Waals surface area (Å²) in [7, 11) is 1.46. The van der Waals surface area contributed by atoms with E-state index in [4.69, 9.17) is 5.11 Å². The fourth-order valence-corrected chi connectivity index (χ4v) is 1.61. The Hall–Kier alpha value is -2.69. The van der Waals surface area contributed by atoms with Gasteiger partial charge in [-0.15, -0.1) is 28.2 Å². The number of hydrogen-bond acceptors (Lipinski definition) is 6. The second kappa shape index (κ2) is 6.60. The Balaban J connectivity index is 2.13. The maximum absolute atomic E-state index is 12.1. The summed E-state index contributed by atoms with van der Waals surface area (Å²) in [6.07, 6.45) is -4.77. The zero-order valence-electron chi connectivity index (χ0n) is 11.9. The SMILES string of the molecule is CN(CCO)C(=O)c1nnn(-c2ccc(OC(F)(F)F)cc2)n1. The first-order chi connectivity index (χ1) is 10.8. The fourth-order valence-electron chi connectivity index (χ4n) is 1.61. The molecule has 0 atom stereocenters. The number of benzene rings is 1. The highest BCUT2D eigenvalue weighted by Gasteiger charge is 2.31. The molecule has 11 heteroatoms. The van der Waals surface area contributed by atoms with E-state index in [1.807, 2.05) is 0 Å². The van der Waals surface area contributed by atoms with Gasteiger partial charge in [0.15, 0.2) is 0 Å². The number of carbonyl (C=O) groups is 1. The Labute approximate surface area is 128 Å². The van der Waals surface area contributed by atoms with E-state index in [1.54, 1.807) is 0 Å². The van der Waals surface area contributed by atoms with Crippen LogP contribution in [-0.2, 0) is 0 Å². The summed E-state index contributed by atoms with van der Waals surface area (Å²) in [4.78, 5) is 14.1. The van der Waals surface area contributed by atoms with E-state index in [0.29, 0.717) is 5.69 Å². The van der Waals surface area contributed by atoms with Gasteiger partial charge in [-0.2, -0.15) is 0 Å². The van der Waals surface area contributed by atoms with E-state index in [9.17, 15) is 18.0 Å². The lowest BCUT2D eigenvalue weighted by Crippen LogP contribution is -2.30. The summed E-state index contributed by atoms with van der Waals surface area (Å²) in [5, 5.41) is 19.9. The normalized spacial score (nSPS) is 11.3. The van der Waals surface area contributed by atoms with Gasteiger partial charge in [-0.1, -0.05) is 0 Å². The van der Waals surface area contributed by atoms with E-state index in [2.05, 4.69) is 20.1 Å². The van der Waals surface area contributed by atoms with Gasteiger partial charge in [-0.05, 0) is 29.5 Å². The summed E-state index contributed by atoms with van der Waals surface area (Å²) in [6, 6.07) is 4.75. The molecule has 124 valence electrons. The summed E-state index contributed by atoms with van der Waals surface area (Å²) < 4.78 is 40.0. The second-order valence-corrected chi connectivity index (χ2v) is 4.39. The van der Waals surface area contributed by atoms with Crippen molar-refractivity contribution in [2.45, 2.75) is 6.36 Å². The highest BCUT2D eigenvalue weighted by Crippen LogP contribution is 2.23. The van der Waals surface area contributed by atoms with Crippen molar-refractivity contribution in [3.05, 3.63) is 30.1 Å². The van der Waals surface area contributed by atoms with Crippen LogP contribution in [-0.4, -0.2) is 62.7 Å². The summed E-state index contributed by atoms with van der Waals surface area (Å²) in [5.74, 6) is -1.13. The molecule has 23 heavy (non-hydrogen) atoms. The number of ether oxygens (including phenoxy) is 1. The number of likely N-dealkylation sites (N-methyl/N-ethyl adjacent to an activating group) is 1. The van der Waals surface area contributed by atoms with Crippen LogP contribution in [0.2, 0.25) is 0 Å². The van der Waals surface area contributed by atoms with Gasteiger partial charge in [-0.25, -0.2) is 0 Å². The van der Waals surface area contributed by atoms with Crippen LogP contribution in [0.4, 0.5) is 13.2 Å². The number of amides is 1. The van der Waals surface area contributed by atoms with Crippen molar-refractivity contribution in [2.24, 2.45) is 0 Å².